The maximum absolute atomic E-state index is 11.5. The summed E-state index contributed by atoms with van der Waals surface area (Å²) in [6.45, 7) is 2.54. The van der Waals surface area contributed by atoms with Crippen molar-refractivity contribution in [2.45, 2.75) is 20.3 Å². The molecule has 2 nitrogen and oxygen atoms in total. The zero-order chi connectivity index (χ0) is 8.85. The molecule has 11 heavy (non-hydrogen) atoms. The van der Waals surface area contributed by atoms with E-state index < -0.39 is 13.0 Å². The monoisotopic (exact) mass is 166 g/mol. The Balaban J connectivity index is 3.32. The number of hydrogen-bond acceptors (Lipinski definition) is 2. The first-order valence-corrected chi connectivity index (χ1v) is 3.42. The third kappa shape index (κ3) is 5.91. The molecule has 66 valence electrons. The van der Waals surface area contributed by atoms with Crippen molar-refractivity contribution in [1.29, 1.82) is 0 Å². The van der Waals surface area contributed by atoms with Crippen LogP contribution in [-0.2, 0) is 9.53 Å². The van der Waals surface area contributed by atoms with Gasteiger partial charge in [-0.05, 0) is 0 Å². The largest absolute Gasteiger partial charge is 0.368 e. The Bertz CT molecular complexity index is 124. The fourth-order valence-electron chi connectivity index (χ4n) is 0.415. The maximum Gasteiger partial charge on any atom is 0.261 e. The summed E-state index contributed by atoms with van der Waals surface area (Å²) in [5.41, 5.74) is 0. The highest BCUT2D eigenvalue weighted by atomic mass is 19.3. The Morgan fingerprint density at radius 2 is 2.00 bits per heavy atom. The minimum atomic E-state index is -2.49. The SMILES string of the molecule is CC(C)C(=O)COCC(F)F. The van der Waals surface area contributed by atoms with Gasteiger partial charge >= 0.3 is 0 Å². The van der Waals surface area contributed by atoms with E-state index in [0.29, 0.717) is 0 Å². The molecule has 0 N–H and O–H groups in total. The molecule has 0 unspecified atom stereocenters. The second-order valence-electron chi connectivity index (χ2n) is 2.53. The lowest BCUT2D eigenvalue weighted by Crippen LogP contribution is -2.17. The fourth-order valence-corrected chi connectivity index (χ4v) is 0.415. The number of halogens is 2. The van der Waals surface area contributed by atoms with Crippen LogP contribution in [0.25, 0.3) is 0 Å². The number of hydrogen-bond donors (Lipinski definition) is 0. The highest BCUT2D eigenvalue weighted by Crippen LogP contribution is 1.97. The average Bonchev–Trinajstić information content (AvgIpc) is 1.86. The van der Waals surface area contributed by atoms with Gasteiger partial charge in [-0.25, -0.2) is 8.78 Å². The molecule has 0 aliphatic rings. The van der Waals surface area contributed by atoms with E-state index in [1.54, 1.807) is 13.8 Å². The smallest absolute Gasteiger partial charge is 0.261 e. The van der Waals surface area contributed by atoms with Crippen molar-refractivity contribution in [1.82, 2.24) is 0 Å². The number of rotatable bonds is 5. The van der Waals surface area contributed by atoms with Gasteiger partial charge in [0.05, 0.1) is 0 Å². The first-order valence-electron chi connectivity index (χ1n) is 3.42. The molecule has 0 aromatic heterocycles. The number of carbonyl (C=O) groups is 1. The molecule has 0 saturated heterocycles. The highest BCUT2D eigenvalue weighted by molar-refractivity contribution is 5.81. The minimum Gasteiger partial charge on any atom is -0.368 e. The third-order valence-corrected chi connectivity index (χ3v) is 1.13. The van der Waals surface area contributed by atoms with Crippen LogP contribution in [0.1, 0.15) is 13.8 Å². The summed E-state index contributed by atoms with van der Waals surface area (Å²) in [5, 5.41) is 0. The number of ketones is 1. The third-order valence-electron chi connectivity index (χ3n) is 1.13. The Labute approximate surface area is 64.5 Å². The van der Waals surface area contributed by atoms with Gasteiger partial charge in [0.25, 0.3) is 6.43 Å². The van der Waals surface area contributed by atoms with E-state index in [4.69, 9.17) is 0 Å². The van der Waals surface area contributed by atoms with Crippen molar-refractivity contribution in [2.24, 2.45) is 5.92 Å². The van der Waals surface area contributed by atoms with Crippen LogP contribution in [0.2, 0.25) is 0 Å². The summed E-state index contributed by atoms with van der Waals surface area (Å²) >= 11 is 0. The zero-order valence-electron chi connectivity index (χ0n) is 6.64. The van der Waals surface area contributed by atoms with Gasteiger partial charge in [-0.15, -0.1) is 0 Å². The van der Waals surface area contributed by atoms with E-state index in [1.165, 1.54) is 0 Å². The molecule has 0 amide bonds. The number of Topliss-reactive ketones (excluding diaryl/α,β-unsaturated/α-hetero) is 1. The van der Waals surface area contributed by atoms with Crippen molar-refractivity contribution in [3.63, 3.8) is 0 Å². The molecule has 0 aromatic rings. The molecule has 0 aliphatic carbocycles. The first-order chi connectivity index (χ1) is 5.04. The molecule has 0 heterocycles. The van der Waals surface area contributed by atoms with Crippen molar-refractivity contribution >= 4 is 5.78 Å². The van der Waals surface area contributed by atoms with Crippen LogP contribution in [0, 0.1) is 5.92 Å². The van der Waals surface area contributed by atoms with Crippen LogP contribution in [0.3, 0.4) is 0 Å². The van der Waals surface area contributed by atoms with Gasteiger partial charge in [-0.3, -0.25) is 4.79 Å². The molecule has 0 spiro atoms. The van der Waals surface area contributed by atoms with E-state index in [2.05, 4.69) is 4.74 Å². The molecule has 4 heteroatoms. The Kier molecular flexibility index (Phi) is 4.94. The summed E-state index contributed by atoms with van der Waals surface area (Å²) in [4.78, 5) is 10.8. The van der Waals surface area contributed by atoms with Crippen molar-refractivity contribution < 1.29 is 18.3 Å². The van der Waals surface area contributed by atoms with Crippen molar-refractivity contribution in [3.05, 3.63) is 0 Å². The first kappa shape index (κ1) is 10.5. The standard InChI is InChI=1S/C7H12F2O2/c1-5(2)6(10)3-11-4-7(8)9/h5,7H,3-4H2,1-2H3. The van der Waals surface area contributed by atoms with E-state index in [9.17, 15) is 13.6 Å². The van der Waals surface area contributed by atoms with E-state index in [-0.39, 0.29) is 18.3 Å². The van der Waals surface area contributed by atoms with Gasteiger partial charge in [-0.2, -0.15) is 0 Å². The molecule has 0 saturated carbocycles. The lowest BCUT2D eigenvalue weighted by molar-refractivity contribution is -0.127. The van der Waals surface area contributed by atoms with E-state index in [1.807, 2.05) is 0 Å². The predicted octanol–water partition coefficient (Wildman–Crippen LogP) is 1.49. The summed E-state index contributed by atoms with van der Waals surface area (Å²) in [7, 11) is 0. The molecule has 0 atom stereocenters. The Morgan fingerprint density at radius 1 is 1.45 bits per heavy atom. The van der Waals surface area contributed by atoms with E-state index in [0.717, 1.165) is 0 Å². The average molecular weight is 166 g/mol. The summed E-state index contributed by atoms with van der Waals surface area (Å²) < 4.78 is 27.3. The minimum absolute atomic E-state index is 0.146. The van der Waals surface area contributed by atoms with Gasteiger partial charge in [0.15, 0.2) is 5.78 Å². The number of ether oxygens (including phenoxy) is 1. The topological polar surface area (TPSA) is 26.3 Å². The number of alkyl halides is 2. The summed E-state index contributed by atoms with van der Waals surface area (Å²) in [5.74, 6) is -0.293. The van der Waals surface area contributed by atoms with Crippen LogP contribution < -0.4 is 0 Å². The quantitative estimate of drug-likeness (QED) is 0.618. The Morgan fingerprint density at radius 3 is 2.36 bits per heavy atom. The lowest BCUT2D eigenvalue weighted by Gasteiger charge is -2.04. The predicted molar refractivity (Wildman–Crippen MR) is 36.7 cm³/mol. The van der Waals surface area contributed by atoms with E-state index >= 15 is 0 Å². The van der Waals surface area contributed by atoms with Crippen LogP contribution in [0.15, 0.2) is 0 Å². The molecule has 0 rings (SSSR count). The van der Waals surface area contributed by atoms with Crippen LogP contribution in [0.4, 0.5) is 8.78 Å². The fraction of sp³-hybridized carbons (Fsp3) is 0.857. The normalized spacial score (nSPS) is 11.1. The second-order valence-corrected chi connectivity index (χ2v) is 2.53. The van der Waals surface area contributed by atoms with Gasteiger partial charge in [0.2, 0.25) is 0 Å². The second kappa shape index (κ2) is 5.18. The molecule has 0 bridgehead atoms. The van der Waals surface area contributed by atoms with Crippen molar-refractivity contribution in [3.8, 4) is 0 Å². The van der Waals surface area contributed by atoms with Crippen LogP contribution >= 0.6 is 0 Å². The Hall–Kier alpha value is -0.510. The molecule has 0 radical (unpaired) electrons. The summed E-state index contributed by atoms with van der Waals surface area (Å²) in [6.07, 6.45) is -2.49. The summed E-state index contributed by atoms with van der Waals surface area (Å²) in [6, 6.07) is 0. The maximum atomic E-state index is 11.5. The van der Waals surface area contributed by atoms with Gasteiger partial charge in [0.1, 0.15) is 13.2 Å². The van der Waals surface area contributed by atoms with Crippen LogP contribution in [0.5, 0.6) is 0 Å². The van der Waals surface area contributed by atoms with Gasteiger partial charge in [-0.1, -0.05) is 13.8 Å². The van der Waals surface area contributed by atoms with Gasteiger partial charge < -0.3 is 4.74 Å². The lowest BCUT2D eigenvalue weighted by atomic mass is 10.1. The highest BCUT2D eigenvalue weighted by Gasteiger charge is 2.08. The molecule has 0 aromatic carbocycles. The molecular formula is C7H12F2O2. The molecule has 0 aliphatic heterocycles. The van der Waals surface area contributed by atoms with Crippen LogP contribution in [-0.4, -0.2) is 25.4 Å². The molecular weight excluding hydrogens is 154 g/mol. The number of carbonyl (C=O) groups excluding carboxylic acids is 1. The van der Waals surface area contributed by atoms with Gasteiger partial charge in [0, 0.05) is 5.92 Å². The van der Waals surface area contributed by atoms with Crippen molar-refractivity contribution in [2.75, 3.05) is 13.2 Å². The molecule has 0 fully saturated rings. The zero-order valence-corrected chi connectivity index (χ0v) is 6.64.